The second-order valence-electron chi connectivity index (χ2n) is 4.98. The molecule has 0 fully saturated rings. The molecule has 0 bridgehead atoms. The molecule has 1 unspecified atom stereocenters. The first kappa shape index (κ1) is 14.7. The van der Waals surface area contributed by atoms with Gasteiger partial charge in [0.05, 0.1) is 0 Å². The highest BCUT2D eigenvalue weighted by Gasteiger charge is 2.14. The molecule has 1 atom stereocenters. The highest BCUT2D eigenvalue weighted by atomic mass is 79.9. The standard InChI is InChI=1S/C18H13Br2F/c19-17-9-8-14(21)11-16(17)18(20)10-13-6-3-5-12-4-1-2-7-15(12)13/h1-9,11,18H,10H2. The molecule has 21 heavy (non-hydrogen) atoms. The van der Waals surface area contributed by atoms with Gasteiger partial charge >= 0.3 is 0 Å². The van der Waals surface area contributed by atoms with Gasteiger partial charge in [0.25, 0.3) is 0 Å². The van der Waals surface area contributed by atoms with Gasteiger partial charge < -0.3 is 0 Å². The summed E-state index contributed by atoms with van der Waals surface area (Å²) in [6, 6.07) is 19.4. The van der Waals surface area contributed by atoms with Crippen LogP contribution in [0, 0.1) is 5.82 Å². The summed E-state index contributed by atoms with van der Waals surface area (Å²) < 4.78 is 14.4. The maximum Gasteiger partial charge on any atom is 0.123 e. The first-order chi connectivity index (χ1) is 10.1. The molecule has 3 rings (SSSR count). The molecule has 0 saturated carbocycles. The third kappa shape index (κ3) is 3.19. The van der Waals surface area contributed by atoms with Gasteiger partial charge in [-0.1, -0.05) is 74.3 Å². The lowest BCUT2D eigenvalue weighted by Crippen LogP contribution is -1.98. The third-order valence-electron chi connectivity index (χ3n) is 3.57. The smallest absolute Gasteiger partial charge is 0.123 e. The van der Waals surface area contributed by atoms with E-state index in [9.17, 15) is 4.39 Å². The van der Waals surface area contributed by atoms with Crippen molar-refractivity contribution in [1.82, 2.24) is 0 Å². The van der Waals surface area contributed by atoms with Crippen LogP contribution >= 0.6 is 31.9 Å². The lowest BCUT2D eigenvalue weighted by molar-refractivity contribution is 0.624. The largest absolute Gasteiger partial charge is 0.207 e. The van der Waals surface area contributed by atoms with Gasteiger partial charge in [-0.05, 0) is 46.5 Å². The first-order valence-corrected chi connectivity index (χ1v) is 8.41. The Labute approximate surface area is 140 Å². The van der Waals surface area contributed by atoms with Crippen molar-refractivity contribution in [3.63, 3.8) is 0 Å². The second-order valence-corrected chi connectivity index (χ2v) is 6.94. The molecule has 0 spiro atoms. The summed E-state index contributed by atoms with van der Waals surface area (Å²) >= 11 is 7.19. The number of rotatable bonds is 3. The van der Waals surface area contributed by atoms with Gasteiger partial charge in [-0.2, -0.15) is 0 Å². The molecule has 0 aliphatic heterocycles. The predicted molar refractivity (Wildman–Crippen MR) is 93.4 cm³/mol. The van der Waals surface area contributed by atoms with Gasteiger partial charge in [0, 0.05) is 9.30 Å². The molecule has 3 heteroatoms. The molecular weight excluding hydrogens is 395 g/mol. The highest BCUT2D eigenvalue weighted by Crippen LogP contribution is 2.34. The Morgan fingerprint density at radius 1 is 0.952 bits per heavy atom. The Morgan fingerprint density at radius 2 is 1.71 bits per heavy atom. The van der Waals surface area contributed by atoms with Crippen LogP contribution in [-0.4, -0.2) is 0 Å². The van der Waals surface area contributed by atoms with Crippen LogP contribution in [0.25, 0.3) is 10.8 Å². The van der Waals surface area contributed by atoms with E-state index < -0.39 is 0 Å². The third-order valence-corrected chi connectivity index (χ3v) is 5.11. The quantitative estimate of drug-likeness (QED) is 0.439. The van der Waals surface area contributed by atoms with E-state index in [1.54, 1.807) is 12.1 Å². The summed E-state index contributed by atoms with van der Waals surface area (Å²) in [5.41, 5.74) is 2.19. The van der Waals surface area contributed by atoms with Crippen LogP contribution in [0.1, 0.15) is 16.0 Å². The molecule has 0 saturated heterocycles. The minimum Gasteiger partial charge on any atom is -0.207 e. The summed E-state index contributed by atoms with van der Waals surface area (Å²) in [6.07, 6.45) is 0.809. The highest BCUT2D eigenvalue weighted by molar-refractivity contribution is 9.11. The Kier molecular flexibility index (Phi) is 4.41. The predicted octanol–water partition coefficient (Wildman–Crippen LogP) is 6.42. The fourth-order valence-corrected chi connectivity index (χ4v) is 4.09. The van der Waals surface area contributed by atoms with E-state index in [2.05, 4.69) is 62.2 Å². The van der Waals surface area contributed by atoms with Crippen molar-refractivity contribution < 1.29 is 4.39 Å². The van der Waals surface area contributed by atoms with Crippen molar-refractivity contribution >= 4 is 42.6 Å². The number of hydrogen-bond donors (Lipinski definition) is 0. The Hall–Kier alpha value is -1.19. The summed E-state index contributed by atoms with van der Waals surface area (Å²) in [6.45, 7) is 0. The topological polar surface area (TPSA) is 0 Å². The molecule has 0 nitrogen and oxygen atoms in total. The number of hydrogen-bond acceptors (Lipinski definition) is 0. The van der Waals surface area contributed by atoms with Gasteiger partial charge in [-0.25, -0.2) is 4.39 Å². The van der Waals surface area contributed by atoms with Crippen molar-refractivity contribution in [3.8, 4) is 0 Å². The van der Waals surface area contributed by atoms with Crippen molar-refractivity contribution in [3.05, 3.63) is 82.1 Å². The van der Waals surface area contributed by atoms with Gasteiger partial charge in [-0.15, -0.1) is 0 Å². The molecule has 0 radical (unpaired) electrons. The van der Waals surface area contributed by atoms with Crippen LogP contribution in [0.2, 0.25) is 0 Å². The van der Waals surface area contributed by atoms with E-state index in [-0.39, 0.29) is 10.6 Å². The van der Waals surface area contributed by atoms with E-state index in [1.165, 1.54) is 22.4 Å². The van der Waals surface area contributed by atoms with E-state index in [1.807, 2.05) is 12.1 Å². The average Bonchev–Trinajstić information content (AvgIpc) is 2.50. The van der Waals surface area contributed by atoms with Gasteiger partial charge in [0.15, 0.2) is 0 Å². The normalized spacial score (nSPS) is 12.5. The Morgan fingerprint density at radius 3 is 2.57 bits per heavy atom. The van der Waals surface area contributed by atoms with Crippen LogP contribution in [0.5, 0.6) is 0 Å². The van der Waals surface area contributed by atoms with E-state index in [4.69, 9.17) is 0 Å². The molecule has 0 N–H and O–H groups in total. The number of fused-ring (bicyclic) bond motifs is 1. The second kappa shape index (κ2) is 6.29. The van der Waals surface area contributed by atoms with Crippen LogP contribution in [-0.2, 0) is 6.42 Å². The Balaban J connectivity index is 1.96. The summed E-state index contributed by atoms with van der Waals surface area (Å²) in [4.78, 5) is 0.0633. The Bertz CT molecular complexity index is 778. The van der Waals surface area contributed by atoms with E-state index in [0.717, 1.165) is 16.5 Å². The fraction of sp³-hybridized carbons (Fsp3) is 0.111. The minimum atomic E-state index is -0.212. The van der Waals surface area contributed by atoms with Gasteiger partial charge in [0.2, 0.25) is 0 Å². The van der Waals surface area contributed by atoms with E-state index >= 15 is 0 Å². The molecule has 0 aliphatic rings. The fourth-order valence-electron chi connectivity index (χ4n) is 2.53. The zero-order valence-electron chi connectivity index (χ0n) is 11.2. The van der Waals surface area contributed by atoms with Crippen molar-refractivity contribution in [2.75, 3.05) is 0 Å². The summed E-state index contributed by atoms with van der Waals surface area (Å²) in [5, 5.41) is 2.48. The number of halogens is 3. The van der Waals surface area contributed by atoms with Crippen LogP contribution < -0.4 is 0 Å². The monoisotopic (exact) mass is 406 g/mol. The molecular formula is C18H13Br2F. The molecule has 3 aromatic carbocycles. The maximum atomic E-state index is 13.5. The van der Waals surface area contributed by atoms with Crippen LogP contribution in [0.4, 0.5) is 4.39 Å². The molecule has 0 amide bonds. The maximum absolute atomic E-state index is 13.5. The summed E-state index contributed by atoms with van der Waals surface area (Å²) in [7, 11) is 0. The molecule has 0 aliphatic carbocycles. The summed E-state index contributed by atoms with van der Waals surface area (Å²) in [5.74, 6) is -0.212. The van der Waals surface area contributed by atoms with Crippen molar-refractivity contribution in [1.29, 1.82) is 0 Å². The van der Waals surface area contributed by atoms with Crippen molar-refractivity contribution in [2.24, 2.45) is 0 Å². The molecule has 106 valence electrons. The minimum absolute atomic E-state index is 0.0633. The van der Waals surface area contributed by atoms with Crippen molar-refractivity contribution in [2.45, 2.75) is 11.2 Å². The lowest BCUT2D eigenvalue weighted by Gasteiger charge is -2.14. The number of alkyl halides is 1. The van der Waals surface area contributed by atoms with Gasteiger partial charge in [-0.3, -0.25) is 0 Å². The zero-order valence-corrected chi connectivity index (χ0v) is 14.4. The zero-order chi connectivity index (χ0) is 14.8. The van der Waals surface area contributed by atoms with Crippen LogP contribution in [0.15, 0.2) is 65.1 Å². The molecule has 0 heterocycles. The SMILES string of the molecule is Fc1ccc(Br)c(C(Br)Cc2cccc3ccccc23)c1. The molecule has 0 aromatic heterocycles. The van der Waals surface area contributed by atoms with E-state index in [0.29, 0.717) is 0 Å². The van der Waals surface area contributed by atoms with Crippen LogP contribution in [0.3, 0.4) is 0 Å². The van der Waals surface area contributed by atoms with Gasteiger partial charge in [0.1, 0.15) is 5.82 Å². The lowest BCUT2D eigenvalue weighted by atomic mass is 9.98. The average molecular weight is 408 g/mol. The first-order valence-electron chi connectivity index (χ1n) is 6.71. The molecule has 3 aromatic rings. The number of benzene rings is 3.